The summed E-state index contributed by atoms with van der Waals surface area (Å²) in [5.41, 5.74) is 3.91. The smallest absolute Gasteiger partial charge is 0.225 e. The first-order chi connectivity index (χ1) is 10.1. The van der Waals surface area contributed by atoms with Crippen molar-refractivity contribution in [2.75, 3.05) is 10.6 Å². The lowest BCUT2D eigenvalue weighted by atomic mass is 10.1. The zero-order valence-corrected chi connectivity index (χ0v) is 14.8. The van der Waals surface area contributed by atoms with E-state index in [0.29, 0.717) is 11.0 Å². The molecule has 118 valence electrons. The van der Waals surface area contributed by atoms with Crippen LogP contribution in [0.2, 0.25) is 5.02 Å². The first-order valence-corrected chi connectivity index (χ1v) is 7.69. The summed E-state index contributed by atoms with van der Waals surface area (Å²) < 4.78 is 0. The van der Waals surface area contributed by atoms with E-state index in [0.717, 1.165) is 28.3 Å². The van der Waals surface area contributed by atoms with Crippen LogP contribution in [0.5, 0.6) is 0 Å². The third kappa shape index (κ3) is 4.34. The molecule has 0 bridgehead atoms. The highest BCUT2D eigenvalue weighted by Gasteiger charge is 2.13. The van der Waals surface area contributed by atoms with Gasteiger partial charge in [0.25, 0.3) is 0 Å². The van der Waals surface area contributed by atoms with E-state index in [-0.39, 0.29) is 5.54 Å². The highest BCUT2D eigenvalue weighted by molar-refractivity contribution is 6.33. The molecule has 1 heterocycles. The van der Waals surface area contributed by atoms with Crippen LogP contribution < -0.4 is 10.6 Å². The van der Waals surface area contributed by atoms with Gasteiger partial charge < -0.3 is 10.6 Å². The second-order valence-corrected chi connectivity index (χ2v) is 7.06. The van der Waals surface area contributed by atoms with Crippen LogP contribution in [0.15, 0.2) is 18.2 Å². The summed E-state index contributed by atoms with van der Waals surface area (Å²) >= 11 is 6.35. The Morgan fingerprint density at radius 2 is 1.68 bits per heavy atom. The number of aryl methyl sites for hydroxylation is 3. The van der Waals surface area contributed by atoms with Gasteiger partial charge in [-0.25, -0.2) is 4.98 Å². The number of benzene rings is 1. The molecule has 0 aliphatic carbocycles. The summed E-state index contributed by atoms with van der Waals surface area (Å²) in [5.74, 6) is 1.34. The van der Waals surface area contributed by atoms with Gasteiger partial charge in [-0.2, -0.15) is 4.98 Å². The van der Waals surface area contributed by atoms with E-state index >= 15 is 0 Å². The molecular formula is C17H23ClN4. The number of hydrogen-bond donors (Lipinski definition) is 2. The monoisotopic (exact) mass is 318 g/mol. The van der Waals surface area contributed by atoms with Crippen LogP contribution >= 0.6 is 11.6 Å². The minimum absolute atomic E-state index is 0.0948. The molecule has 0 atom stereocenters. The van der Waals surface area contributed by atoms with Gasteiger partial charge in [0.05, 0.1) is 10.7 Å². The lowest BCUT2D eigenvalue weighted by molar-refractivity contribution is 0.625. The molecule has 0 spiro atoms. The van der Waals surface area contributed by atoms with Crippen molar-refractivity contribution in [3.05, 3.63) is 40.0 Å². The van der Waals surface area contributed by atoms with Crippen LogP contribution in [0.4, 0.5) is 17.5 Å². The molecule has 4 nitrogen and oxygen atoms in total. The molecule has 2 N–H and O–H groups in total. The predicted molar refractivity (Wildman–Crippen MR) is 94.4 cm³/mol. The molecular weight excluding hydrogens is 296 g/mol. The van der Waals surface area contributed by atoms with Crippen molar-refractivity contribution in [1.29, 1.82) is 0 Å². The largest absolute Gasteiger partial charge is 0.350 e. The Kier molecular flexibility index (Phi) is 4.61. The molecule has 22 heavy (non-hydrogen) atoms. The summed E-state index contributed by atoms with van der Waals surface area (Å²) in [6.07, 6.45) is 0. The molecule has 2 aromatic rings. The Labute approximate surface area is 137 Å². The van der Waals surface area contributed by atoms with Gasteiger partial charge in [0, 0.05) is 17.3 Å². The fraction of sp³-hybridized carbons (Fsp3) is 0.412. The summed E-state index contributed by atoms with van der Waals surface area (Å²) in [7, 11) is 0. The fourth-order valence-corrected chi connectivity index (χ4v) is 2.59. The molecule has 0 fully saturated rings. The minimum atomic E-state index is -0.0948. The van der Waals surface area contributed by atoms with E-state index in [1.807, 2.05) is 32.9 Å². The standard InChI is InChI=1S/C17H23ClN4/c1-10-7-11(2)15(13(18)8-10)20-14-9-12(3)19-16(21-14)22-17(4,5)6/h7-9H,1-6H3,(H2,19,20,21,22). The molecule has 0 saturated carbocycles. The Balaban J connectivity index is 2.34. The lowest BCUT2D eigenvalue weighted by Gasteiger charge is -2.21. The quantitative estimate of drug-likeness (QED) is 0.835. The van der Waals surface area contributed by atoms with Crippen LogP contribution in [0.25, 0.3) is 0 Å². The van der Waals surface area contributed by atoms with Crippen molar-refractivity contribution >= 4 is 29.1 Å². The molecule has 0 unspecified atom stereocenters. The first kappa shape index (κ1) is 16.6. The average molecular weight is 319 g/mol. The first-order valence-electron chi connectivity index (χ1n) is 7.32. The summed E-state index contributed by atoms with van der Waals surface area (Å²) in [6, 6.07) is 5.94. The maximum absolute atomic E-state index is 6.35. The van der Waals surface area contributed by atoms with Gasteiger partial charge >= 0.3 is 0 Å². The van der Waals surface area contributed by atoms with E-state index in [9.17, 15) is 0 Å². The van der Waals surface area contributed by atoms with Crippen molar-refractivity contribution in [1.82, 2.24) is 9.97 Å². The van der Waals surface area contributed by atoms with Crippen molar-refractivity contribution in [3.8, 4) is 0 Å². The summed E-state index contributed by atoms with van der Waals surface area (Å²) in [4.78, 5) is 8.95. The van der Waals surface area contributed by atoms with Crippen molar-refractivity contribution < 1.29 is 0 Å². The third-order valence-electron chi connectivity index (χ3n) is 3.03. The van der Waals surface area contributed by atoms with Gasteiger partial charge in [-0.05, 0) is 58.7 Å². The number of hydrogen-bond acceptors (Lipinski definition) is 4. The number of aromatic nitrogens is 2. The van der Waals surface area contributed by atoms with Gasteiger partial charge in [0.15, 0.2) is 0 Å². The molecule has 1 aromatic heterocycles. The van der Waals surface area contributed by atoms with Gasteiger partial charge in [-0.3, -0.25) is 0 Å². The van der Waals surface area contributed by atoms with E-state index in [1.165, 1.54) is 0 Å². The van der Waals surface area contributed by atoms with Crippen molar-refractivity contribution in [3.63, 3.8) is 0 Å². The second kappa shape index (κ2) is 6.13. The third-order valence-corrected chi connectivity index (χ3v) is 3.32. The van der Waals surface area contributed by atoms with E-state index in [2.05, 4.69) is 47.4 Å². The maximum atomic E-state index is 6.35. The van der Waals surface area contributed by atoms with E-state index in [1.54, 1.807) is 0 Å². The molecule has 2 rings (SSSR count). The normalized spacial score (nSPS) is 11.4. The van der Waals surface area contributed by atoms with Crippen molar-refractivity contribution in [2.45, 2.75) is 47.1 Å². The Bertz CT molecular complexity index is 667. The lowest BCUT2D eigenvalue weighted by Crippen LogP contribution is -2.27. The van der Waals surface area contributed by atoms with Gasteiger partial charge in [-0.15, -0.1) is 0 Å². The average Bonchev–Trinajstić information content (AvgIpc) is 2.30. The van der Waals surface area contributed by atoms with Gasteiger partial charge in [0.1, 0.15) is 5.82 Å². The molecule has 1 aromatic carbocycles. The zero-order valence-electron chi connectivity index (χ0n) is 14.0. The van der Waals surface area contributed by atoms with Gasteiger partial charge in [-0.1, -0.05) is 17.7 Å². The Morgan fingerprint density at radius 1 is 1.00 bits per heavy atom. The highest BCUT2D eigenvalue weighted by atomic mass is 35.5. The zero-order chi connectivity index (χ0) is 16.5. The SMILES string of the molecule is Cc1cc(C)c(Nc2cc(C)nc(NC(C)(C)C)n2)c(Cl)c1. The second-order valence-electron chi connectivity index (χ2n) is 6.66. The van der Waals surface area contributed by atoms with Gasteiger partial charge in [0.2, 0.25) is 5.95 Å². The molecule has 0 aliphatic heterocycles. The number of halogens is 1. The summed E-state index contributed by atoms with van der Waals surface area (Å²) in [6.45, 7) is 12.2. The predicted octanol–water partition coefficient (Wildman–Crippen LogP) is 5.01. The number of rotatable bonds is 3. The van der Waals surface area contributed by atoms with Crippen LogP contribution in [0, 0.1) is 20.8 Å². The topological polar surface area (TPSA) is 49.8 Å². The summed E-state index contributed by atoms with van der Waals surface area (Å²) in [5, 5.41) is 7.30. The van der Waals surface area contributed by atoms with Crippen LogP contribution in [-0.4, -0.2) is 15.5 Å². The number of nitrogens with zero attached hydrogens (tertiary/aromatic N) is 2. The van der Waals surface area contributed by atoms with E-state index < -0.39 is 0 Å². The number of nitrogens with one attached hydrogen (secondary N) is 2. The maximum Gasteiger partial charge on any atom is 0.225 e. The van der Waals surface area contributed by atoms with Crippen LogP contribution in [0.3, 0.4) is 0 Å². The minimum Gasteiger partial charge on any atom is -0.350 e. The molecule has 0 amide bonds. The molecule has 0 aliphatic rings. The van der Waals surface area contributed by atoms with Crippen LogP contribution in [-0.2, 0) is 0 Å². The molecule has 0 saturated heterocycles. The van der Waals surface area contributed by atoms with Crippen LogP contribution in [0.1, 0.15) is 37.6 Å². The Morgan fingerprint density at radius 3 is 2.27 bits per heavy atom. The molecule has 0 radical (unpaired) electrons. The fourth-order valence-electron chi connectivity index (χ4n) is 2.23. The number of anilines is 3. The van der Waals surface area contributed by atoms with Crippen molar-refractivity contribution in [2.24, 2.45) is 0 Å². The molecule has 5 heteroatoms. The Hall–Kier alpha value is -1.81. The van der Waals surface area contributed by atoms with E-state index in [4.69, 9.17) is 11.6 Å². The highest BCUT2D eigenvalue weighted by Crippen LogP contribution is 2.30.